The first-order valence-corrected chi connectivity index (χ1v) is 9.97. The van der Waals surface area contributed by atoms with Crippen molar-refractivity contribution >= 4 is 27.5 Å². The number of allylic oxidation sites excluding steroid dienone is 1. The van der Waals surface area contributed by atoms with E-state index in [0.717, 1.165) is 6.42 Å². The Labute approximate surface area is 158 Å². The highest BCUT2D eigenvalue weighted by atomic mass is 32.1. The molecule has 1 atom stereocenters. The monoisotopic (exact) mass is 352 g/mol. The van der Waals surface area contributed by atoms with Crippen molar-refractivity contribution < 1.29 is 0 Å². The molecule has 0 bridgehead atoms. The van der Waals surface area contributed by atoms with Crippen molar-refractivity contribution in [3.63, 3.8) is 0 Å². The van der Waals surface area contributed by atoms with Crippen molar-refractivity contribution in [2.45, 2.75) is 19.3 Å². The molecule has 0 saturated carbocycles. The fraction of sp³-hybridized carbons (Fsp3) is 0.120. The molecule has 0 aliphatic heterocycles. The van der Waals surface area contributed by atoms with E-state index in [-0.39, 0.29) is 0 Å². The maximum absolute atomic E-state index is 2.34. The minimum absolute atomic E-state index is 0.471. The summed E-state index contributed by atoms with van der Waals surface area (Å²) >= 11 is 1.98. The van der Waals surface area contributed by atoms with E-state index in [1.54, 1.807) is 0 Å². The molecule has 0 radical (unpaired) electrons. The molecule has 1 aromatic heterocycles. The van der Waals surface area contributed by atoms with Gasteiger partial charge in [-0.25, -0.2) is 0 Å². The van der Waals surface area contributed by atoms with Gasteiger partial charge in [0.05, 0.1) is 0 Å². The average molecular weight is 353 g/mol. The maximum atomic E-state index is 2.34. The number of hydrogen-bond donors (Lipinski definition) is 0. The lowest BCUT2D eigenvalue weighted by Crippen LogP contribution is -2.02. The quantitative estimate of drug-likeness (QED) is 0.352. The molecule has 4 aromatic rings. The molecular weight excluding hydrogens is 332 g/mol. The van der Waals surface area contributed by atoms with E-state index < -0.39 is 0 Å². The molecule has 3 aromatic carbocycles. The minimum atomic E-state index is 0.471. The van der Waals surface area contributed by atoms with Gasteiger partial charge in [-0.2, -0.15) is 0 Å². The van der Waals surface area contributed by atoms with E-state index >= 15 is 0 Å². The van der Waals surface area contributed by atoms with Crippen molar-refractivity contribution in [1.29, 1.82) is 0 Å². The van der Waals surface area contributed by atoms with Gasteiger partial charge in [0.2, 0.25) is 0 Å². The van der Waals surface area contributed by atoms with Crippen LogP contribution in [0.2, 0.25) is 0 Å². The summed E-state index contributed by atoms with van der Waals surface area (Å²) in [6, 6.07) is 26.5. The summed E-state index contributed by atoms with van der Waals surface area (Å²) in [6.07, 6.45) is 5.75. The summed E-state index contributed by atoms with van der Waals surface area (Å²) < 4.78 is 1.41. The highest BCUT2D eigenvalue weighted by Gasteiger charge is 2.24. The molecule has 0 amide bonds. The number of fused-ring (bicyclic) bond motifs is 3. The van der Waals surface area contributed by atoms with Crippen LogP contribution in [0.3, 0.4) is 0 Å². The van der Waals surface area contributed by atoms with Gasteiger partial charge in [-0.1, -0.05) is 90.5 Å². The second kappa shape index (κ2) is 6.26. The molecule has 0 spiro atoms. The Morgan fingerprint density at radius 1 is 0.885 bits per heavy atom. The summed E-state index contributed by atoms with van der Waals surface area (Å²) in [5, 5.41) is 1.39. The molecule has 0 fully saturated rings. The van der Waals surface area contributed by atoms with Gasteiger partial charge in [0.1, 0.15) is 0 Å². The van der Waals surface area contributed by atoms with Crippen LogP contribution in [0.4, 0.5) is 0 Å². The summed E-state index contributed by atoms with van der Waals surface area (Å²) in [5.74, 6) is 0.471. The smallest absolute Gasteiger partial charge is 0.0430 e. The average Bonchev–Trinajstić information content (AvgIpc) is 3.07. The van der Waals surface area contributed by atoms with Gasteiger partial charge in [0.25, 0.3) is 0 Å². The van der Waals surface area contributed by atoms with Crippen LogP contribution in [-0.4, -0.2) is 0 Å². The van der Waals surface area contributed by atoms with Gasteiger partial charge in [0, 0.05) is 20.9 Å². The third-order valence-corrected chi connectivity index (χ3v) is 6.65. The van der Waals surface area contributed by atoms with Crippen LogP contribution in [-0.2, 0) is 0 Å². The normalized spacial score (nSPS) is 16.0. The number of benzene rings is 3. The van der Waals surface area contributed by atoms with Crippen LogP contribution in [0.15, 0.2) is 78.9 Å². The largest absolute Gasteiger partial charge is 0.138 e. The van der Waals surface area contributed by atoms with Gasteiger partial charge >= 0.3 is 0 Å². The highest BCUT2D eigenvalue weighted by molar-refractivity contribution is 7.20. The first kappa shape index (κ1) is 15.6. The van der Waals surface area contributed by atoms with Crippen molar-refractivity contribution in [2.24, 2.45) is 0 Å². The Kier molecular flexibility index (Phi) is 3.76. The van der Waals surface area contributed by atoms with Crippen molar-refractivity contribution in [3.8, 4) is 11.1 Å². The Morgan fingerprint density at radius 3 is 2.58 bits per heavy atom. The molecule has 5 rings (SSSR count). The van der Waals surface area contributed by atoms with E-state index in [1.807, 2.05) is 11.3 Å². The van der Waals surface area contributed by atoms with Crippen LogP contribution in [0.1, 0.15) is 33.9 Å². The molecule has 0 saturated heterocycles. The van der Waals surface area contributed by atoms with E-state index in [1.165, 1.54) is 42.8 Å². The highest BCUT2D eigenvalue weighted by Crippen LogP contribution is 2.46. The van der Waals surface area contributed by atoms with E-state index in [9.17, 15) is 0 Å². The van der Waals surface area contributed by atoms with E-state index in [4.69, 9.17) is 0 Å². The zero-order valence-electron chi connectivity index (χ0n) is 14.8. The lowest BCUT2D eigenvalue weighted by Gasteiger charge is -2.18. The first-order valence-electron chi connectivity index (χ1n) is 9.15. The van der Waals surface area contributed by atoms with Gasteiger partial charge in [-0.05, 0) is 35.6 Å². The fourth-order valence-corrected chi connectivity index (χ4v) is 5.50. The minimum Gasteiger partial charge on any atom is -0.138 e. The molecular formula is C25H20S. The van der Waals surface area contributed by atoms with Crippen LogP contribution >= 0.6 is 11.3 Å². The Bertz CT molecular complexity index is 1120. The molecule has 26 heavy (non-hydrogen) atoms. The SMILES string of the molecule is Cc1cccc(-c2cccc3c4c(sc23)C(c2ccccc2)CC=C4)c1. The van der Waals surface area contributed by atoms with Crippen molar-refractivity contribution in [2.75, 3.05) is 0 Å². The summed E-state index contributed by atoms with van der Waals surface area (Å²) in [6.45, 7) is 2.16. The lowest BCUT2D eigenvalue weighted by molar-refractivity contribution is 0.840. The van der Waals surface area contributed by atoms with Crippen LogP contribution < -0.4 is 0 Å². The summed E-state index contributed by atoms with van der Waals surface area (Å²) in [4.78, 5) is 1.51. The number of thiophene rings is 1. The predicted octanol–water partition coefficient (Wildman–Crippen LogP) is 7.43. The van der Waals surface area contributed by atoms with E-state index in [2.05, 4.69) is 91.9 Å². The van der Waals surface area contributed by atoms with Crippen LogP contribution in [0.5, 0.6) is 0 Å². The zero-order valence-corrected chi connectivity index (χ0v) is 15.6. The molecule has 0 nitrogen and oxygen atoms in total. The predicted molar refractivity (Wildman–Crippen MR) is 114 cm³/mol. The molecule has 126 valence electrons. The second-order valence-corrected chi connectivity index (χ2v) is 8.09. The molecule has 1 aliphatic carbocycles. The van der Waals surface area contributed by atoms with Crippen molar-refractivity contribution in [3.05, 3.63) is 100 Å². The number of hydrogen-bond acceptors (Lipinski definition) is 1. The summed E-state index contributed by atoms with van der Waals surface area (Å²) in [7, 11) is 0. The van der Waals surface area contributed by atoms with Gasteiger partial charge in [0.15, 0.2) is 0 Å². The Balaban J connectivity index is 1.73. The topological polar surface area (TPSA) is 0 Å². The molecule has 1 heterocycles. The third-order valence-electron chi connectivity index (χ3n) is 5.29. The summed E-state index contributed by atoms with van der Waals surface area (Å²) in [5.41, 5.74) is 6.81. The second-order valence-electron chi connectivity index (χ2n) is 7.03. The molecule has 1 unspecified atom stereocenters. The third kappa shape index (κ3) is 2.51. The zero-order chi connectivity index (χ0) is 17.5. The molecule has 0 N–H and O–H groups in total. The van der Waals surface area contributed by atoms with E-state index in [0.29, 0.717) is 5.92 Å². The lowest BCUT2D eigenvalue weighted by atomic mass is 9.87. The van der Waals surface area contributed by atoms with Crippen LogP contribution in [0, 0.1) is 6.92 Å². The Morgan fingerprint density at radius 2 is 1.73 bits per heavy atom. The van der Waals surface area contributed by atoms with Gasteiger partial charge in [-0.3, -0.25) is 0 Å². The van der Waals surface area contributed by atoms with Gasteiger partial charge < -0.3 is 0 Å². The number of aryl methyl sites for hydroxylation is 1. The Hall–Kier alpha value is -2.64. The number of rotatable bonds is 2. The first-order chi connectivity index (χ1) is 12.8. The fourth-order valence-electron chi connectivity index (χ4n) is 4.03. The van der Waals surface area contributed by atoms with Crippen molar-refractivity contribution in [1.82, 2.24) is 0 Å². The molecule has 1 heteroatoms. The van der Waals surface area contributed by atoms with Crippen LogP contribution in [0.25, 0.3) is 27.3 Å². The molecule has 1 aliphatic rings. The van der Waals surface area contributed by atoms with Gasteiger partial charge in [-0.15, -0.1) is 11.3 Å². The standard InChI is InChI=1S/C25H20S/c1-17-8-5-11-19(16-17)21-13-7-15-23-22-14-6-12-20(24(22)26-25(21)23)18-9-3-2-4-10-18/h2-11,13-16,20H,12H2,1H3. The maximum Gasteiger partial charge on any atom is 0.0430 e.